The van der Waals surface area contributed by atoms with Crippen LogP contribution in [0.25, 0.3) is 11.3 Å². The average Bonchev–Trinajstić information content (AvgIpc) is 2.68. The molecule has 2 N–H and O–H groups in total. The summed E-state index contributed by atoms with van der Waals surface area (Å²) in [5.74, 6) is 1.44. The molecule has 0 aliphatic carbocycles. The molecule has 0 spiro atoms. The van der Waals surface area contributed by atoms with E-state index in [1.807, 2.05) is 6.92 Å². The molecule has 1 aromatic carbocycles. The molecule has 3 nitrogen and oxygen atoms in total. The molecule has 2 aromatic rings. The number of aryl methyl sites for hydroxylation is 3. The lowest BCUT2D eigenvalue weighted by Gasteiger charge is -2.14. The summed E-state index contributed by atoms with van der Waals surface area (Å²) in [7, 11) is 0. The fourth-order valence-corrected chi connectivity index (χ4v) is 2.37. The third-order valence-corrected chi connectivity index (χ3v) is 3.59. The lowest BCUT2D eigenvalue weighted by Crippen LogP contribution is -2.01. The molecule has 0 fully saturated rings. The molecule has 96 valence electrons. The molecule has 0 aliphatic rings. The first-order chi connectivity index (χ1) is 8.45. The Bertz CT molecular complexity index is 571. The highest BCUT2D eigenvalue weighted by Gasteiger charge is 2.18. The van der Waals surface area contributed by atoms with Crippen molar-refractivity contribution in [1.29, 1.82) is 0 Å². The van der Waals surface area contributed by atoms with Crippen LogP contribution in [-0.2, 0) is 6.54 Å². The van der Waals surface area contributed by atoms with Crippen LogP contribution in [0.1, 0.15) is 33.9 Å². The van der Waals surface area contributed by atoms with Crippen LogP contribution in [0.5, 0.6) is 0 Å². The number of rotatable bonds is 2. The Morgan fingerprint density at radius 3 is 2.11 bits per heavy atom. The van der Waals surface area contributed by atoms with Crippen LogP contribution in [0.4, 0.5) is 0 Å². The van der Waals surface area contributed by atoms with Gasteiger partial charge in [-0.1, -0.05) is 6.07 Å². The van der Waals surface area contributed by atoms with Crippen molar-refractivity contribution in [2.24, 2.45) is 5.73 Å². The lowest BCUT2D eigenvalue weighted by molar-refractivity contribution is 0.477. The second-order valence-electron chi connectivity index (χ2n) is 4.84. The van der Waals surface area contributed by atoms with Gasteiger partial charge in [0.25, 0.3) is 0 Å². The van der Waals surface area contributed by atoms with E-state index in [1.165, 1.54) is 27.8 Å². The Morgan fingerprint density at radius 2 is 1.61 bits per heavy atom. The highest BCUT2D eigenvalue weighted by Crippen LogP contribution is 2.33. The van der Waals surface area contributed by atoms with Gasteiger partial charge in [0.15, 0.2) is 5.89 Å². The fourth-order valence-electron chi connectivity index (χ4n) is 2.37. The minimum atomic E-state index is 0.377. The third kappa shape index (κ3) is 1.95. The number of oxazole rings is 1. The molecule has 0 radical (unpaired) electrons. The standard InChI is InChI=1S/C15H20N2O/c1-8-6-9(2)11(4)14(10(8)3)15-13(7-16)18-12(5)17-15/h6H,7,16H2,1-5H3. The zero-order valence-electron chi connectivity index (χ0n) is 11.7. The quantitative estimate of drug-likeness (QED) is 0.881. The van der Waals surface area contributed by atoms with E-state index < -0.39 is 0 Å². The summed E-state index contributed by atoms with van der Waals surface area (Å²) in [6.45, 7) is 10.7. The zero-order valence-corrected chi connectivity index (χ0v) is 11.7. The van der Waals surface area contributed by atoms with Crippen molar-refractivity contribution in [3.8, 4) is 11.3 Å². The molecule has 18 heavy (non-hydrogen) atoms. The third-order valence-electron chi connectivity index (χ3n) is 3.59. The zero-order chi connectivity index (χ0) is 13.4. The number of nitrogens with two attached hydrogens (primary N) is 1. The molecule has 3 heteroatoms. The first-order valence-corrected chi connectivity index (χ1v) is 6.19. The van der Waals surface area contributed by atoms with Crippen LogP contribution in [0.3, 0.4) is 0 Å². The maximum Gasteiger partial charge on any atom is 0.191 e. The van der Waals surface area contributed by atoms with E-state index in [1.54, 1.807) is 0 Å². The normalized spacial score (nSPS) is 11.0. The molecular weight excluding hydrogens is 224 g/mol. The maximum atomic E-state index is 5.74. The van der Waals surface area contributed by atoms with Crippen molar-refractivity contribution in [2.75, 3.05) is 0 Å². The molecular formula is C15H20N2O. The van der Waals surface area contributed by atoms with Crippen LogP contribution >= 0.6 is 0 Å². The van der Waals surface area contributed by atoms with Gasteiger partial charge in [-0.05, 0) is 49.9 Å². The predicted octanol–water partition coefficient (Wildman–Crippen LogP) is 3.34. The Balaban J connectivity index is 2.77. The molecule has 2 rings (SSSR count). The molecule has 0 atom stereocenters. The first kappa shape index (κ1) is 12.8. The van der Waals surface area contributed by atoms with Crippen LogP contribution in [0.2, 0.25) is 0 Å². The summed E-state index contributed by atoms with van der Waals surface area (Å²) in [6, 6.07) is 2.21. The fraction of sp³-hybridized carbons (Fsp3) is 0.400. The van der Waals surface area contributed by atoms with E-state index in [0.29, 0.717) is 12.4 Å². The summed E-state index contributed by atoms with van der Waals surface area (Å²) < 4.78 is 5.57. The Kier molecular flexibility index (Phi) is 3.26. The number of nitrogens with zero attached hydrogens (tertiary/aromatic N) is 1. The van der Waals surface area contributed by atoms with Gasteiger partial charge in [0.1, 0.15) is 11.5 Å². The van der Waals surface area contributed by atoms with E-state index >= 15 is 0 Å². The highest BCUT2D eigenvalue weighted by molar-refractivity contribution is 5.72. The molecule has 0 unspecified atom stereocenters. The van der Waals surface area contributed by atoms with Crippen LogP contribution < -0.4 is 5.73 Å². The summed E-state index contributed by atoms with van der Waals surface area (Å²) in [5.41, 5.74) is 12.9. The molecule has 0 amide bonds. The largest absolute Gasteiger partial charge is 0.444 e. The molecule has 0 saturated carbocycles. The van der Waals surface area contributed by atoms with Crippen LogP contribution in [0, 0.1) is 34.6 Å². The van der Waals surface area contributed by atoms with Gasteiger partial charge in [0.05, 0.1) is 6.54 Å². The molecule has 0 aliphatic heterocycles. The number of hydrogen-bond donors (Lipinski definition) is 1. The van der Waals surface area contributed by atoms with Crippen LogP contribution in [0.15, 0.2) is 10.5 Å². The summed E-state index contributed by atoms with van der Waals surface area (Å²) in [6.07, 6.45) is 0. The monoisotopic (exact) mass is 244 g/mol. The minimum Gasteiger partial charge on any atom is -0.444 e. The Labute approximate surface area is 108 Å². The lowest BCUT2D eigenvalue weighted by atomic mass is 9.92. The van der Waals surface area contributed by atoms with E-state index in [9.17, 15) is 0 Å². The number of benzene rings is 1. The van der Waals surface area contributed by atoms with Gasteiger partial charge in [0.2, 0.25) is 0 Å². The van der Waals surface area contributed by atoms with Crippen molar-refractivity contribution in [1.82, 2.24) is 4.98 Å². The van der Waals surface area contributed by atoms with Gasteiger partial charge < -0.3 is 10.2 Å². The van der Waals surface area contributed by atoms with Crippen molar-refractivity contribution in [3.63, 3.8) is 0 Å². The second-order valence-corrected chi connectivity index (χ2v) is 4.84. The first-order valence-electron chi connectivity index (χ1n) is 6.19. The van der Waals surface area contributed by atoms with Gasteiger partial charge >= 0.3 is 0 Å². The van der Waals surface area contributed by atoms with E-state index in [4.69, 9.17) is 10.2 Å². The average molecular weight is 244 g/mol. The smallest absolute Gasteiger partial charge is 0.191 e. The number of hydrogen-bond acceptors (Lipinski definition) is 3. The maximum absolute atomic E-state index is 5.74. The van der Waals surface area contributed by atoms with Crippen molar-refractivity contribution in [2.45, 2.75) is 41.2 Å². The van der Waals surface area contributed by atoms with E-state index in [0.717, 1.165) is 11.5 Å². The Morgan fingerprint density at radius 1 is 1.06 bits per heavy atom. The van der Waals surface area contributed by atoms with Crippen molar-refractivity contribution >= 4 is 0 Å². The number of aromatic nitrogens is 1. The van der Waals surface area contributed by atoms with Gasteiger partial charge in [-0.15, -0.1) is 0 Å². The SMILES string of the molecule is Cc1nc(-c2c(C)c(C)cc(C)c2C)c(CN)o1. The van der Waals surface area contributed by atoms with Crippen molar-refractivity contribution in [3.05, 3.63) is 40.0 Å². The summed E-state index contributed by atoms with van der Waals surface area (Å²) in [5, 5.41) is 0. The van der Waals surface area contributed by atoms with Crippen molar-refractivity contribution < 1.29 is 4.42 Å². The van der Waals surface area contributed by atoms with Crippen LogP contribution in [-0.4, -0.2) is 4.98 Å². The van der Waals surface area contributed by atoms with Gasteiger partial charge in [-0.3, -0.25) is 0 Å². The highest BCUT2D eigenvalue weighted by atomic mass is 16.4. The molecule has 1 aromatic heterocycles. The van der Waals surface area contributed by atoms with E-state index in [2.05, 4.69) is 38.7 Å². The molecule has 0 saturated heterocycles. The van der Waals surface area contributed by atoms with Gasteiger partial charge in [-0.2, -0.15) is 0 Å². The molecule has 0 bridgehead atoms. The van der Waals surface area contributed by atoms with Gasteiger partial charge in [0, 0.05) is 12.5 Å². The second kappa shape index (κ2) is 4.58. The van der Waals surface area contributed by atoms with E-state index in [-0.39, 0.29) is 0 Å². The summed E-state index contributed by atoms with van der Waals surface area (Å²) in [4.78, 5) is 4.51. The topological polar surface area (TPSA) is 52.0 Å². The Hall–Kier alpha value is -1.61. The molecule has 1 heterocycles. The minimum absolute atomic E-state index is 0.377. The summed E-state index contributed by atoms with van der Waals surface area (Å²) >= 11 is 0. The van der Waals surface area contributed by atoms with Gasteiger partial charge in [-0.25, -0.2) is 4.98 Å². The predicted molar refractivity (Wildman–Crippen MR) is 73.5 cm³/mol.